The van der Waals surface area contributed by atoms with E-state index in [9.17, 15) is 9.50 Å². The fraction of sp³-hybridized carbons (Fsp3) is 0.474. The summed E-state index contributed by atoms with van der Waals surface area (Å²) in [4.78, 5) is 4.41. The Morgan fingerprint density at radius 3 is 2.56 bits per heavy atom. The maximum absolute atomic E-state index is 13.0. The van der Waals surface area contributed by atoms with Crippen molar-refractivity contribution >= 4 is 29.9 Å². The van der Waals surface area contributed by atoms with Gasteiger partial charge < -0.3 is 15.7 Å². The molecular formula is C19H29FIN5O. The third kappa shape index (κ3) is 7.84. The Hall–Kier alpha value is -1.68. The molecule has 0 fully saturated rings. The van der Waals surface area contributed by atoms with Gasteiger partial charge in [-0.25, -0.2) is 4.39 Å². The van der Waals surface area contributed by atoms with Crippen LogP contribution in [0.2, 0.25) is 0 Å². The van der Waals surface area contributed by atoms with Crippen LogP contribution in [-0.2, 0) is 6.54 Å². The van der Waals surface area contributed by atoms with E-state index in [1.54, 1.807) is 12.1 Å². The van der Waals surface area contributed by atoms with Gasteiger partial charge in [0.1, 0.15) is 5.82 Å². The zero-order valence-corrected chi connectivity index (χ0v) is 18.4. The lowest BCUT2D eigenvalue weighted by Gasteiger charge is -2.13. The highest BCUT2D eigenvalue weighted by atomic mass is 127. The third-order valence-electron chi connectivity index (χ3n) is 3.96. The van der Waals surface area contributed by atoms with Gasteiger partial charge in [-0.3, -0.25) is 9.67 Å². The number of aliphatic hydroxyl groups is 1. The van der Waals surface area contributed by atoms with Gasteiger partial charge in [-0.1, -0.05) is 12.1 Å². The highest BCUT2D eigenvalue weighted by Gasteiger charge is 2.08. The van der Waals surface area contributed by atoms with E-state index in [-0.39, 0.29) is 36.3 Å². The second-order valence-corrected chi connectivity index (χ2v) is 6.22. The summed E-state index contributed by atoms with van der Waals surface area (Å²) >= 11 is 0. The molecule has 0 bridgehead atoms. The van der Waals surface area contributed by atoms with Gasteiger partial charge in [-0.15, -0.1) is 24.0 Å². The van der Waals surface area contributed by atoms with E-state index in [0.29, 0.717) is 11.5 Å². The predicted molar refractivity (Wildman–Crippen MR) is 117 cm³/mol. The number of aryl methyl sites for hydroxylation is 3. The molecule has 27 heavy (non-hydrogen) atoms. The molecule has 2 aromatic rings. The van der Waals surface area contributed by atoms with Gasteiger partial charge >= 0.3 is 0 Å². The van der Waals surface area contributed by atoms with E-state index >= 15 is 0 Å². The Bertz CT molecular complexity index is 717. The molecule has 0 saturated carbocycles. The average Bonchev–Trinajstić information content (AvgIpc) is 2.94. The first-order valence-electron chi connectivity index (χ1n) is 8.96. The molecular weight excluding hydrogens is 460 g/mol. The molecule has 1 unspecified atom stereocenters. The number of benzene rings is 1. The number of aliphatic imine (C=N–C) groups is 1. The van der Waals surface area contributed by atoms with Crippen LogP contribution in [0.3, 0.4) is 0 Å². The van der Waals surface area contributed by atoms with Crippen LogP contribution in [0.25, 0.3) is 0 Å². The van der Waals surface area contributed by atoms with Crippen LogP contribution in [0.1, 0.15) is 36.4 Å². The van der Waals surface area contributed by atoms with Gasteiger partial charge in [0.15, 0.2) is 5.96 Å². The minimum absolute atomic E-state index is 0. The minimum atomic E-state index is -0.763. The number of halogens is 2. The zero-order chi connectivity index (χ0) is 18.9. The van der Waals surface area contributed by atoms with Gasteiger partial charge in [-0.05, 0) is 51.0 Å². The fourth-order valence-corrected chi connectivity index (χ4v) is 2.65. The Kier molecular flexibility index (Phi) is 10.3. The van der Waals surface area contributed by atoms with E-state index in [1.165, 1.54) is 12.1 Å². The monoisotopic (exact) mass is 489 g/mol. The van der Waals surface area contributed by atoms with Gasteiger partial charge in [0.2, 0.25) is 0 Å². The van der Waals surface area contributed by atoms with Gasteiger partial charge in [0.05, 0.1) is 18.3 Å². The SMILES string of the molecule is CCNC(=NCC(O)c1ccc(F)cc1)NCCCn1nc(C)cc1C.I. The molecule has 6 nitrogen and oxygen atoms in total. The van der Waals surface area contributed by atoms with Crippen molar-refractivity contribution in [2.75, 3.05) is 19.6 Å². The Morgan fingerprint density at radius 2 is 1.96 bits per heavy atom. The molecule has 8 heteroatoms. The molecule has 0 aliphatic carbocycles. The molecule has 0 aliphatic rings. The van der Waals surface area contributed by atoms with Crippen LogP contribution in [0, 0.1) is 19.7 Å². The molecule has 0 spiro atoms. The van der Waals surface area contributed by atoms with Crippen molar-refractivity contribution in [2.24, 2.45) is 4.99 Å². The van der Waals surface area contributed by atoms with Crippen molar-refractivity contribution in [3.8, 4) is 0 Å². The first kappa shape index (κ1) is 23.4. The van der Waals surface area contributed by atoms with E-state index in [1.807, 2.05) is 18.5 Å². The highest BCUT2D eigenvalue weighted by molar-refractivity contribution is 14.0. The number of hydrogen-bond donors (Lipinski definition) is 3. The molecule has 150 valence electrons. The van der Waals surface area contributed by atoms with Crippen molar-refractivity contribution in [1.29, 1.82) is 0 Å². The minimum Gasteiger partial charge on any atom is -0.386 e. The largest absolute Gasteiger partial charge is 0.386 e. The molecule has 1 heterocycles. The summed E-state index contributed by atoms with van der Waals surface area (Å²) in [6.07, 6.45) is 0.146. The van der Waals surface area contributed by atoms with Crippen molar-refractivity contribution in [1.82, 2.24) is 20.4 Å². The van der Waals surface area contributed by atoms with Crippen molar-refractivity contribution in [3.63, 3.8) is 0 Å². The van der Waals surface area contributed by atoms with Crippen LogP contribution >= 0.6 is 24.0 Å². The quantitative estimate of drug-likeness (QED) is 0.231. The number of nitrogens with one attached hydrogen (secondary N) is 2. The average molecular weight is 489 g/mol. The molecule has 1 aromatic heterocycles. The normalized spacial score (nSPS) is 12.4. The first-order chi connectivity index (χ1) is 12.5. The second kappa shape index (κ2) is 11.9. The van der Waals surface area contributed by atoms with Crippen LogP contribution in [0.5, 0.6) is 0 Å². The summed E-state index contributed by atoms with van der Waals surface area (Å²) in [6.45, 7) is 8.55. The number of rotatable bonds is 8. The molecule has 0 radical (unpaired) electrons. The molecule has 0 aliphatic heterocycles. The summed E-state index contributed by atoms with van der Waals surface area (Å²) in [5, 5.41) is 21.0. The van der Waals surface area contributed by atoms with Crippen LogP contribution in [0.15, 0.2) is 35.3 Å². The van der Waals surface area contributed by atoms with E-state index in [0.717, 1.165) is 37.4 Å². The Morgan fingerprint density at radius 1 is 1.26 bits per heavy atom. The topological polar surface area (TPSA) is 74.5 Å². The Balaban J connectivity index is 0.00000364. The smallest absolute Gasteiger partial charge is 0.191 e. The van der Waals surface area contributed by atoms with Crippen LogP contribution < -0.4 is 10.6 Å². The lowest BCUT2D eigenvalue weighted by molar-refractivity contribution is 0.187. The summed E-state index contributed by atoms with van der Waals surface area (Å²) in [7, 11) is 0. The summed E-state index contributed by atoms with van der Waals surface area (Å²) in [5.74, 6) is 0.337. The van der Waals surface area contributed by atoms with Gasteiger partial charge in [-0.2, -0.15) is 5.10 Å². The summed E-state index contributed by atoms with van der Waals surface area (Å²) < 4.78 is 15.0. The summed E-state index contributed by atoms with van der Waals surface area (Å²) in [6, 6.07) is 7.89. The van der Waals surface area contributed by atoms with E-state index in [2.05, 4.69) is 33.7 Å². The van der Waals surface area contributed by atoms with Gasteiger partial charge in [0.25, 0.3) is 0 Å². The molecule has 0 amide bonds. The molecule has 0 saturated heterocycles. The van der Waals surface area contributed by atoms with Crippen LogP contribution in [-0.4, -0.2) is 40.5 Å². The lowest BCUT2D eigenvalue weighted by atomic mass is 10.1. The molecule has 3 N–H and O–H groups in total. The van der Waals surface area contributed by atoms with Crippen molar-refractivity contribution < 1.29 is 9.50 Å². The number of aromatic nitrogens is 2. The fourth-order valence-electron chi connectivity index (χ4n) is 2.65. The third-order valence-corrected chi connectivity index (χ3v) is 3.96. The summed E-state index contributed by atoms with van der Waals surface area (Å²) in [5.41, 5.74) is 2.83. The second-order valence-electron chi connectivity index (χ2n) is 6.22. The first-order valence-corrected chi connectivity index (χ1v) is 8.96. The van der Waals surface area contributed by atoms with E-state index in [4.69, 9.17) is 0 Å². The van der Waals surface area contributed by atoms with Crippen molar-refractivity contribution in [2.45, 2.75) is 39.8 Å². The molecule has 1 aromatic carbocycles. The highest BCUT2D eigenvalue weighted by Crippen LogP contribution is 2.13. The Labute approximate surface area is 177 Å². The molecule has 1 atom stereocenters. The van der Waals surface area contributed by atoms with Crippen molar-refractivity contribution in [3.05, 3.63) is 53.1 Å². The van der Waals surface area contributed by atoms with Crippen LogP contribution in [0.4, 0.5) is 4.39 Å². The number of hydrogen-bond acceptors (Lipinski definition) is 3. The number of nitrogens with zero attached hydrogens (tertiary/aromatic N) is 3. The van der Waals surface area contributed by atoms with Gasteiger partial charge in [0, 0.05) is 25.3 Å². The number of guanidine groups is 1. The zero-order valence-electron chi connectivity index (χ0n) is 16.1. The standard InChI is InChI=1S/C19H28FN5O.HI/c1-4-21-19(22-10-5-11-25-15(3)12-14(2)24-25)23-13-18(26)16-6-8-17(20)9-7-16;/h6-9,12,18,26H,4-5,10-11,13H2,1-3H3,(H2,21,22,23);1H. The maximum atomic E-state index is 13.0. The predicted octanol–water partition coefficient (Wildman–Crippen LogP) is 2.94. The maximum Gasteiger partial charge on any atom is 0.191 e. The number of aliphatic hydroxyl groups excluding tert-OH is 1. The molecule has 2 rings (SSSR count). The van der Waals surface area contributed by atoms with E-state index < -0.39 is 6.10 Å². The lowest BCUT2D eigenvalue weighted by Crippen LogP contribution is -2.38.